The van der Waals surface area contributed by atoms with E-state index >= 15 is 0 Å². The molecule has 0 bridgehead atoms. The highest BCUT2D eigenvalue weighted by atomic mass is 35.5. The van der Waals surface area contributed by atoms with Crippen molar-refractivity contribution < 1.29 is 9.84 Å². The summed E-state index contributed by atoms with van der Waals surface area (Å²) in [6.45, 7) is 8.13. The number of nitrogens with two attached hydrogens (primary N) is 1. The molecule has 0 aliphatic heterocycles. The lowest BCUT2D eigenvalue weighted by molar-refractivity contribution is 0.315. The van der Waals surface area contributed by atoms with Crippen LogP contribution < -0.4 is 10.5 Å². The average Bonchev–Trinajstić information content (AvgIpc) is 2.20. The summed E-state index contributed by atoms with van der Waals surface area (Å²) < 4.78 is 5.30. The standard InChI is InChI=1S/C13H19NO2.ClH/c1-4-16-12-7-5-6-10(13(12)15)11(14)8-9(2)3;/h5-7,11,15H,2,4,8,14H2,1,3H3;1H/t11-;/m0./s1. The first-order valence-electron chi connectivity index (χ1n) is 5.40. The molecule has 0 unspecified atom stereocenters. The molecule has 0 amide bonds. The molecule has 0 saturated carbocycles. The highest BCUT2D eigenvalue weighted by molar-refractivity contribution is 5.85. The van der Waals surface area contributed by atoms with Crippen molar-refractivity contribution in [3.63, 3.8) is 0 Å². The minimum Gasteiger partial charge on any atom is -0.504 e. The lowest BCUT2D eigenvalue weighted by Crippen LogP contribution is -2.11. The van der Waals surface area contributed by atoms with Crippen molar-refractivity contribution >= 4 is 12.4 Å². The second-order valence-corrected chi connectivity index (χ2v) is 3.89. The van der Waals surface area contributed by atoms with Gasteiger partial charge < -0.3 is 15.6 Å². The van der Waals surface area contributed by atoms with Gasteiger partial charge in [0.1, 0.15) is 0 Å². The fourth-order valence-corrected chi connectivity index (χ4v) is 1.60. The number of halogens is 1. The lowest BCUT2D eigenvalue weighted by Gasteiger charge is -2.15. The van der Waals surface area contributed by atoms with Crippen LogP contribution in [0.15, 0.2) is 30.4 Å². The van der Waals surface area contributed by atoms with Crippen molar-refractivity contribution in [2.45, 2.75) is 26.3 Å². The molecule has 0 aliphatic carbocycles. The zero-order valence-electron chi connectivity index (χ0n) is 10.3. The van der Waals surface area contributed by atoms with Crippen molar-refractivity contribution in [2.24, 2.45) is 5.73 Å². The number of phenolic OH excluding ortho intramolecular Hbond substituents is 1. The molecule has 96 valence electrons. The van der Waals surface area contributed by atoms with Gasteiger partial charge in [-0.2, -0.15) is 0 Å². The first kappa shape index (κ1) is 15.8. The number of benzene rings is 1. The van der Waals surface area contributed by atoms with Crippen LogP contribution in [0.1, 0.15) is 31.9 Å². The zero-order valence-corrected chi connectivity index (χ0v) is 11.1. The number of hydrogen-bond acceptors (Lipinski definition) is 3. The Balaban J connectivity index is 0.00000256. The molecule has 0 fully saturated rings. The predicted molar refractivity (Wildman–Crippen MR) is 72.9 cm³/mol. The summed E-state index contributed by atoms with van der Waals surface area (Å²) in [6.07, 6.45) is 0.656. The monoisotopic (exact) mass is 257 g/mol. The number of phenols is 1. The van der Waals surface area contributed by atoms with Crippen LogP contribution in [0.25, 0.3) is 0 Å². The van der Waals surface area contributed by atoms with E-state index in [4.69, 9.17) is 10.5 Å². The van der Waals surface area contributed by atoms with E-state index in [1.807, 2.05) is 26.0 Å². The molecule has 0 aliphatic rings. The van der Waals surface area contributed by atoms with Crippen LogP contribution in [0.4, 0.5) is 0 Å². The number of aromatic hydroxyl groups is 1. The first-order chi connectivity index (χ1) is 7.56. The van der Waals surface area contributed by atoms with E-state index in [1.165, 1.54) is 0 Å². The van der Waals surface area contributed by atoms with Gasteiger partial charge >= 0.3 is 0 Å². The fourth-order valence-electron chi connectivity index (χ4n) is 1.60. The molecule has 3 nitrogen and oxygen atoms in total. The van der Waals surface area contributed by atoms with Crippen LogP contribution >= 0.6 is 12.4 Å². The van der Waals surface area contributed by atoms with Gasteiger partial charge in [-0.05, 0) is 26.3 Å². The Kier molecular flexibility index (Phi) is 6.69. The van der Waals surface area contributed by atoms with Crippen molar-refractivity contribution in [3.8, 4) is 11.5 Å². The van der Waals surface area contributed by atoms with Crippen LogP contribution in [0.3, 0.4) is 0 Å². The second-order valence-electron chi connectivity index (χ2n) is 3.89. The van der Waals surface area contributed by atoms with E-state index in [-0.39, 0.29) is 24.2 Å². The van der Waals surface area contributed by atoms with Gasteiger partial charge in [-0.1, -0.05) is 17.7 Å². The highest BCUT2D eigenvalue weighted by Gasteiger charge is 2.14. The molecule has 1 aromatic rings. The van der Waals surface area contributed by atoms with Gasteiger partial charge in [-0.3, -0.25) is 0 Å². The number of ether oxygens (including phenoxy) is 1. The van der Waals surface area contributed by atoms with E-state index < -0.39 is 0 Å². The summed E-state index contributed by atoms with van der Waals surface area (Å²) in [6, 6.07) is 5.14. The van der Waals surface area contributed by atoms with E-state index in [9.17, 15) is 5.11 Å². The molecule has 0 saturated heterocycles. The predicted octanol–water partition coefficient (Wildman–Crippen LogP) is 3.18. The van der Waals surface area contributed by atoms with E-state index in [0.717, 1.165) is 5.57 Å². The third kappa shape index (κ3) is 4.29. The summed E-state index contributed by atoms with van der Waals surface area (Å²) in [5, 5.41) is 9.97. The van der Waals surface area contributed by atoms with Gasteiger partial charge in [-0.15, -0.1) is 19.0 Å². The number of para-hydroxylation sites is 1. The van der Waals surface area contributed by atoms with Gasteiger partial charge in [-0.25, -0.2) is 0 Å². The number of rotatable bonds is 5. The molecule has 1 atom stereocenters. The Morgan fingerprint density at radius 2 is 2.18 bits per heavy atom. The van der Waals surface area contributed by atoms with Gasteiger partial charge in [0, 0.05) is 11.6 Å². The smallest absolute Gasteiger partial charge is 0.162 e. The first-order valence-corrected chi connectivity index (χ1v) is 5.40. The highest BCUT2D eigenvalue weighted by Crippen LogP contribution is 2.34. The van der Waals surface area contributed by atoms with Gasteiger partial charge in [0.2, 0.25) is 0 Å². The maximum atomic E-state index is 9.97. The van der Waals surface area contributed by atoms with Gasteiger partial charge in [0.25, 0.3) is 0 Å². The van der Waals surface area contributed by atoms with Gasteiger partial charge in [0.05, 0.1) is 6.61 Å². The van der Waals surface area contributed by atoms with Crippen molar-refractivity contribution in [3.05, 3.63) is 35.9 Å². The minimum atomic E-state index is -0.238. The van der Waals surface area contributed by atoms with Gasteiger partial charge in [0.15, 0.2) is 11.5 Å². The third-order valence-corrected chi connectivity index (χ3v) is 2.30. The second kappa shape index (κ2) is 7.20. The molecule has 0 aromatic heterocycles. The van der Waals surface area contributed by atoms with Crippen LogP contribution in [-0.2, 0) is 0 Å². The third-order valence-electron chi connectivity index (χ3n) is 2.30. The maximum Gasteiger partial charge on any atom is 0.162 e. The normalized spacial score (nSPS) is 11.5. The summed E-state index contributed by atoms with van der Waals surface area (Å²) in [5.74, 6) is 0.621. The molecule has 0 heterocycles. The van der Waals surface area contributed by atoms with Crippen molar-refractivity contribution in [1.82, 2.24) is 0 Å². The van der Waals surface area contributed by atoms with Crippen LogP contribution in [-0.4, -0.2) is 11.7 Å². The maximum absolute atomic E-state index is 9.97. The Labute approximate surface area is 109 Å². The SMILES string of the molecule is C=C(C)C[C@H](N)c1cccc(OCC)c1O.Cl. The topological polar surface area (TPSA) is 55.5 Å². The fraction of sp³-hybridized carbons (Fsp3) is 0.385. The Bertz CT molecular complexity index is 380. The Morgan fingerprint density at radius 1 is 1.53 bits per heavy atom. The van der Waals surface area contributed by atoms with Crippen LogP contribution in [0.2, 0.25) is 0 Å². The minimum absolute atomic E-state index is 0. The van der Waals surface area contributed by atoms with Crippen molar-refractivity contribution in [2.75, 3.05) is 6.61 Å². The summed E-state index contributed by atoms with van der Waals surface area (Å²) in [5.41, 5.74) is 7.68. The lowest BCUT2D eigenvalue weighted by atomic mass is 10.00. The average molecular weight is 258 g/mol. The molecule has 1 rings (SSSR count). The molecular formula is C13H20ClNO2. The summed E-state index contributed by atoms with van der Waals surface area (Å²) in [7, 11) is 0. The quantitative estimate of drug-likeness (QED) is 0.797. The summed E-state index contributed by atoms with van der Waals surface area (Å²) >= 11 is 0. The molecule has 1 aromatic carbocycles. The Hall–Kier alpha value is -1.19. The van der Waals surface area contributed by atoms with E-state index in [2.05, 4.69) is 6.58 Å². The molecule has 0 spiro atoms. The van der Waals surface area contributed by atoms with Crippen LogP contribution in [0, 0.1) is 0 Å². The summed E-state index contributed by atoms with van der Waals surface area (Å²) in [4.78, 5) is 0. The Morgan fingerprint density at radius 3 is 2.71 bits per heavy atom. The van der Waals surface area contributed by atoms with Crippen molar-refractivity contribution in [1.29, 1.82) is 0 Å². The van der Waals surface area contributed by atoms with Crippen LogP contribution in [0.5, 0.6) is 11.5 Å². The largest absolute Gasteiger partial charge is 0.504 e. The molecule has 0 radical (unpaired) electrons. The molecular weight excluding hydrogens is 238 g/mol. The molecule has 4 heteroatoms. The zero-order chi connectivity index (χ0) is 12.1. The number of hydrogen-bond donors (Lipinski definition) is 2. The van der Waals surface area contributed by atoms with E-state index in [1.54, 1.807) is 6.07 Å². The van der Waals surface area contributed by atoms with E-state index in [0.29, 0.717) is 24.3 Å². The molecule has 3 N–H and O–H groups in total. The molecule has 17 heavy (non-hydrogen) atoms.